The summed E-state index contributed by atoms with van der Waals surface area (Å²) in [4.78, 5) is 25.0. The van der Waals surface area contributed by atoms with Gasteiger partial charge in [0.05, 0.1) is 16.7 Å². The van der Waals surface area contributed by atoms with E-state index in [1.165, 1.54) is 23.1 Å². The number of likely N-dealkylation sites (tertiary alicyclic amines) is 1. The number of nitrogens with two attached hydrogens (primary N) is 1. The van der Waals surface area contributed by atoms with Crippen molar-refractivity contribution in [3.8, 4) is 0 Å². The second-order valence-corrected chi connectivity index (χ2v) is 5.36. The summed E-state index contributed by atoms with van der Waals surface area (Å²) in [6.45, 7) is 2.34. The molecule has 1 heterocycles. The van der Waals surface area contributed by atoms with Gasteiger partial charge in [-0.05, 0) is 31.9 Å². The number of carbonyl (C=O) groups excluding carboxylic acids is 1. The fraction of sp³-hybridized carbons (Fsp3) is 0.429. The van der Waals surface area contributed by atoms with Crippen LogP contribution in [0.15, 0.2) is 18.2 Å². The number of nitrogens with zero attached hydrogens (tertiary/aromatic N) is 1. The van der Waals surface area contributed by atoms with Crippen molar-refractivity contribution in [3.05, 3.63) is 29.6 Å². The van der Waals surface area contributed by atoms with E-state index in [0.717, 1.165) is 0 Å². The van der Waals surface area contributed by atoms with Crippen molar-refractivity contribution in [1.82, 2.24) is 4.90 Å². The number of carboxylic acids is 1. The minimum Gasteiger partial charge on any atom is -0.481 e. The van der Waals surface area contributed by atoms with Crippen LogP contribution in [0.1, 0.15) is 30.1 Å². The van der Waals surface area contributed by atoms with E-state index in [2.05, 4.69) is 0 Å². The summed E-state index contributed by atoms with van der Waals surface area (Å²) in [5.41, 5.74) is 4.74. The van der Waals surface area contributed by atoms with E-state index >= 15 is 0 Å². The van der Waals surface area contributed by atoms with Gasteiger partial charge >= 0.3 is 5.97 Å². The maximum Gasteiger partial charge on any atom is 0.309 e. The molecule has 0 bridgehead atoms. The highest BCUT2D eigenvalue weighted by Gasteiger charge is 2.38. The van der Waals surface area contributed by atoms with Gasteiger partial charge in [0.1, 0.15) is 5.82 Å². The molecule has 0 saturated carbocycles. The van der Waals surface area contributed by atoms with Crippen molar-refractivity contribution in [2.75, 3.05) is 18.8 Å². The van der Waals surface area contributed by atoms with Crippen LogP contribution in [0.2, 0.25) is 0 Å². The van der Waals surface area contributed by atoms with Crippen molar-refractivity contribution < 1.29 is 19.1 Å². The first-order valence-corrected chi connectivity index (χ1v) is 6.42. The third-order valence-electron chi connectivity index (χ3n) is 3.95. The number of piperidine rings is 1. The number of rotatable bonds is 2. The lowest BCUT2D eigenvalue weighted by Crippen LogP contribution is -2.45. The van der Waals surface area contributed by atoms with Crippen molar-refractivity contribution in [2.24, 2.45) is 5.41 Å². The van der Waals surface area contributed by atoms with Crippen LogP contribution in [-0.2, 0) is 4.79 Å². The van der Waals surface area contributed by atoms with E-state index in [9.17, 15) is 14.0 Å². The summed E-state index contributed by atoms with van der Waals surface area (Å²) < 4.78 is 13.4. The second kappa shape index (κ2) is 5.11. The van der Waals surface area contributed by atoms with Crippen LogP contribution in [0.3, 0.4) is 0 Å². The molecule has 2 rings (SSSR count). The molecule has 0 aliphatic carbocycles. The van der Waals surface area contributed by atoms with Gasteiger partial charge in [0.2, 0.25) is 0 Å². The predicted molar refractivity (Wildman–Crippen MR) is 71.7 cm³/mol. The van der Waals surface area contributed by atoms with Gasteiger partial charge in [0, 0.05) is 13.1 Å². The molecule has 1 fully saturated rings. The Balaban J connectivity index is 2.13. The van der Waals surface area contributed by atoms with Gasteiger partial charge < -0.3 is 15.7 Å². The fourth-order valence-electron chi connectivity index (χ4n) is 2.31. The number of aliphatic carboxylic acids is 1. The number of hydrogen-bond acceptors (Lipinski definition) is 3. The van der Waals surface area contributed by atoms with Gasteiger partial charge in [0.25, 0.3) is 5.91 Å². The van der Waals surface area contributed by atoms with Gasteiger partial charge in [-0.3, -0.25) is 9.59 Å². The summed E-state index contributed by atoms with van der Waals surface area (Å²) in [5, 5.41) is 9.15. The van der Waals surface area contributed by atoms with Crippen molar-refractivity contribution in [1.29, 1.82) is 0 Å². The number of anilines is 1. The first-order valence-electron chi connectivity index (χ1n) is 6.42. The molecule has 0 atom stereocenters. The number of carboxylic acid groups (broad SMARTS) is 1. The SMILES string of the molecule is CC1(C(=O)O)CCN(C(=O)c2cccc(F)c2N)CC1. The fourth-order valence-corrected chi connectivity index (χ4v) is 2.31. The lowest BCUT2D eigenvalue weighted by molar-refractivity contribution is -0.150. The molecular formula is C14H17FN2O3. The number of hydrogen-bond donors (Lipinski definition) is 2. The minimum atomic E-state index is -0.852. The first kappa shape index (κ1) is 14.3. The molecule has 1 amide bonds. The summed E-state index contributed by atoms with van der Waals surface area (Å²) in [6, 6.07) is 4.11. The summed E-state index contributed by atoms with van der Waals surface area (Å²) in [5.74, 6) is -1.83. The number of amides is 1. The van der Waals surface area contributed by atoms with Gasteiger partial charge in [-0.15, -0.1) is 0 Å². The molecule has 1 aliphatic rings. The minimum absolute atomic E-state index is 0.129. The molecule has 3 N–H and O–H groups in total. The van der Waals surface area contributed by atoms with Crippen LogP contribution in [-0.4, -0.2) is 35.0 Å². The average Bonchev–Trinajstić information content (AvgIpc) is 2.42. The molecule has 108 valence electrons. The molecule has 1 aliphatic heterocycles. The molecule has 0 spiro atoms. The maximum atomic E-state index is 13.4. The number of para-hydroxylation sites is 1. The lowest BCUT2D eigenvalue weighted by Gasteiger charge is -2.36. The zero-order chi connectivity index (χ0) is 14.9. The van der Waals surface area contributed by atoms with Crippen LogP contribution >= 0.6 is 0 Å². The molecule has 1 saturated heterocycles. The number of benzene rings is 1. The molecule has 0 radical (unpaired) electrons. The monoisotopic (exact) mass is 280 g/mol. The Bertz CT molecular complexity index is 551. The molecule has 1 aromatic rings. The molecule has 5 nitrogen and oxygen atoms in total. The predicted octanol–water partition coefficient (Wildman–Crippen LogP) is 1.73. The smallest absolute Gasteiger partial charge is 0.309 e. The number of nitrogen functional groups attached to an aromatic ring is 1. The Morgan fingerprint density at radius 1 is 1.35 bits per heavy atom. The molecule has 0 aromatic heterocycles. The van der Waals surface area contributed by atoms with E-state index in [1.807, 2.05) is 0 Å². The van der Waals surface area contributed by atoms with Crippen LogP contribution in [0, 0.1) is 11.2 Å². The third-order valence-corrected chi connectivity index (χ3v) is 3.95. The van der Waals surface area contributed by atoms with Crippen LogP contribution in [0.25, 0.3) is 0 Å². The quantitative estimate of drug-likeness (QED) is 0.808. The first-order chi connectivity index (χ1) is 9.35. The second-order valence-electron chi connectivity index (χ2n) is 5.36. The maximum absolute atomic E-state index is 13.4. The van der Waals surface area contributed by atoms with Gasteiger partial charge in [-0.1, -0.05) is 6.07 Å². The Kier molecular flexibility index (Phi) is 3.65. The van der Waals surface area contributed by atoms with Gasteiger partial charge in [0.15, 0.2) is 0 Å². The Hall–Kier alpha value is -2.11. The molecule has 0 unspecified atom stereocenters. The van der Waals surface area contributed by atoms with Crippen molar-refractivity contribution in [3.63, 3.8) is 0 Å². The Labute approximate surface area is 116 Å². The molecular weight excluding hydrogens is 263 g/mol. The van der Waals surface area contributed by atoms with E-state index < -0.39 is 17.2 Å². The van der Waals surface area contributed by atoms with Crippen LogP contribution < -0.4 is 5.73 Å². The Morgan fingerprint density at radius 3 is 2.50 bits per heavy atom. The average molecular weight is 280 g/mol. The van der Waals surface area contributed by atoms with E-state index in [-0.39, 0.29) is 17.2 Å². The van der Waals surface area contributed by atoms with Gasteiger partial charge in [-0.25, -0.2) is 4.39 Å². The standard InChI is InChI=1S/C14H17FN2O3/c1-14(13(19)20)5-7-17(8-6-14)12(18)9-3-2-4-10(15)11(9)16/h2-4H,5-8,16H2,1H3,(H,19,20). The number of carbonyl (C=O) groups is 2. The summed E-state index contributed by atoms with van der Waals surface area (Å²) in [7, 11) is 0. The van der Waals surface area contributed by atoms with E-state index in [1.54, 1.807) is 6.92 Å². The van der Waals surface area contributed by atoms with Crippen molar-refractivity contribution >= 4 is 17.6 Å². The largest absolute Gasteiger partial charge is 0.481 e. The Morgan fingerprint density at radius 2 is 1.95 bits per heavy atom. The molecule has 6 heteroatoms. The van der Waals surface area contributed by atoms with E-state index in [4.69, 9.17) is 10.8 Å². The zero-order valence-corrected chi connectivity index (χ0v) is 11.2. The number of halogens is 1. The zero-order valence-electron chi connectivity index (χ0n) is 11.2. The summed E-state index contributed by atoms with van der Waals surface area (Å²) in [6.07, 6.45) is 0.757. The summed E-state index contributed by atoms with van der Waals surface area (Å²) >= 11 is 0. The van der Waals surface area contributed by atoms with Crippen molar-refractivity contribution in [2.45, 2.75) is 19.8 Å². The highest BCUT2D eigenvalue weighted by Crippen LogP contribution is 2.32. The van der Waals surface area contributed by atoms with Gasteiger partial charge in [-0.2, -0.15) is 0 Å². The van der Waals surface area contributed by atoms with Crippen LogP contribution in [0.5, 0.6) is 0 Å². The third kappa shape index (κ3) is 2.45. The van der Waals surface area contributed by atoms with Crippen LogP contribution in [0.4, 0.5) is 10.1 Å². The molecule has 20 heavy (non-hydrogen) atoms. The van der Waals surface area contributed by atoms with E-state index in [0.29, 0.717) is 25.9 Å². The highest BCUT2D eigenvalue weighted by molar-refractivity contribution is 5.99. The topological polar surface area (TPSA) is 83.6 Å². The molecule has 1 aromatic carbocycles. The lowest BCUT2D eigenvalue weighted by atomic mass is 9.80. The normalized spacial score (nSPS) is 17.8. The highest BCUT2D eigenvalue weighted by atomic mass is 19.1.